The molecule has 7 nitrogen and oxygen atoms in total. The molecule has 1 aliphatic rings. The van der Waals surface area contributed by atoms with Gasteiger partial charge in [-0.15, -0.1) is 0 Å². The van der Waals surface area contributed by atoms with E-state index in [9.17, 15) is 14.9 Å². The molecular weight excluding hydrogens is 238 g/mol. The maximum absolute atomic E-state index is 10.8. The van der Waals surface area contributed by atoms with Crippen LogP contribution in [0.4, 0.5) is 11.5 Å². The van der Waals surface area contributed by atoms with Crippen LogP contribution in [0.3, 0.4) is 0 Å². The fourth-order valence-electron chi connectivity index (χ4n) is 1.65. The summed E-state index contributed by atoms with van der Waals surface area (Å²) in [5.74, 6) is -0.379. The highest BCUT2D eigenvalue weighted by Crippen LogP contribution is 2.32. The van der Waals surface area contributed by atoms with Crippen molar-refractivity contribution in [3.05, 3.63) is 27.9 Å². The maximum atomic E-state index is 10.8. The summed E-state index contributed by atoms with van der Waals surface area (Å²) in [5, 5.41) is 22.5. The van der Waals surface area contributed by atoms with Gasteiger partial charge in [-0.05, 0) is 12.3 Å². The second-order valence-corrected chi connectivity index (χ2v) is 4.31. The van der Waals surface area contributed by atoms with Crippen LogP contribution in [-0.4, -0.2) is 27.5 Å². The number of carbonyl (C=O) groups is 1. The lowest BCUT2D eigenvalue weighted by molar-refractivity contribution is -0.384. The van der Waals surface area contributed by atoms with Crippen molar-refractivity contribution < 1.29 is 14.8 Å². The Balaban J connectivity index is 2.11. The van der Waals surface area contributed by atoms with Gasteiger partial charge >= 0.3 is 11.7 Å². The highest BCUT2D eigenvalue weighted by molar-refractivity contribution is 5.88. The van der Waals surface area contributed by atoms with E-state index in [1.54, 1.807) is 0 Å². The van der Waals surface area contributed by atoms with Crippen molar-refractivity contribution >= 4 is 17.5 Å². The minimum absolute atomic E-state index is 0.130. The standard InChI is InChI=1S/C11H13N3O4/c15-11(16)8-5-9(14(17)18)10(13-6-8)12-4-3-7-1-2-7/h5-7H,1-4H2,(H,12,13)(H,15,16). The molecule has 0 atom stereocenters. The third-order valence-corrected chi connectivity index (χ3v) is 2.85. The highest BCUT2D eigenvalue weighted by atomic mass is 16.6. The monoisotopic (exact) mass is 251 g/mol. The summed E-state index contributed by atoms with van der Waals surface area (Å²) in [7, 11) is 0. The largest absolute Gasteiger partial charge is 0.478 e. The number of nitro groups is 1. The number of hydrogen-bond acceptors (Lipinski definition) is 5. The number of nitrogens with one attached hydrogen (secondary N) is 1. The van der Waals surface area contributed by atoms with Gasteiger partial charge in [0.2, 0.25) is 5.82 Å². The molecule has 0 saturated heterocycles. The smallest absolute Gasteiger partial charge is 0.337 e. The molecule has 0 amide bonds. The molecule has 96 valence electrons. The summed E-state index contributed by atoms with van der Waals surface area (Å²) in [6.07, 6.45) is 4.51. The molecule has 1 fully saturated rings. The minimum Gasteiger partial charge on any atom is -0.478 e. The van der Waals surface area contributed by atoms with E-state index in [1.165, 1.54) is 12.8 Å². The summed E-state index contributed by atoms with van der Waals surface area (Å²) in [4.78, 5) is 24.7. The average Bonchev–Trinajstić information content (AvgIpc) is 3.13. The van der Waals surface area contributed by atoms with E-state index in [0.29, 0.717) is 6.54 Å². The van der Waals surface area contributed by atoms with E-state index >= 15 is 0 Å². The van der Waals surface area contributed by atoms with Crippen molar-refractivity contribution in [2.24, 2.45) is 5.92 Å². The van der Waals surface area contributed by atoms with Gasteiger partial charge in [0.15, 0.2) is 0 Å². The molecule has 2 rings (SSSR count). The van der Waals surface area contributed by atoms with Crippen LogP contribution < -0.4 is 5.32 Å². The number of pyridine rings is 1. The number of rotatable bonds is 6. The topological polar surface area (TPSA) is 105 Å². The molecule has 1 heterocycles. The van der Waals surface area contributed by atoms with Crippen molar-refractivity contribution in [3.8, 4) is 0 Å². The predicted molar refractivity (Wildman–Crippen MR) is 63.7 cm³/mol. The lowest BCUT2D eigenvalue weighted by Crippen LogP contribution is -2.08. The van der Waals surface area contributed by atoms with Crippen LogP contribution in [0.1, 0.15) is 29.6 Å². The molecule has 0 bridgehead atoms. The highest BCUT2D eigenvalue weighted by Gasteiger charge is 2.22. The molecule has 7 heteroatoms. The third kappa shape index (κ3) is 2.93. The summed E-state index contributed by atoms with van der Waals surface area (Å²) >= 11 is 0. The normalized spacial score (nSPS) is 14.2. The zero-order chi connectivity index (χ0) is 13.1. The van der Waals surface area contributed by atoms with Crippen molar-refractivity contribution in [3.63, 3.8) is 0 Å². The lowest BCUT2D eigenvalue weighted by Gasteiger charge is -2.05. The first-order valence-electron chi connectivity index (χ1n) is 5.69. The van der Waals surface area contributed by atoms with Crippen molar-refractivity contribution in [1.29, 1.82) is 0 Å². The van der Waals surface area contributed by atoms with Crippen LogP contribution in [0.2, 0.25) is 0 Å². The second kappa shape index (κ2) is 4.99. The Morgan fingerprint density at radius 2 is 2.33 bits per heavy atom. The molecule has 1 saturated carbocycles. The van der Waals surface area contributed by atoms with Gasteiger partial charge in [-0.1, -0.05) is 12.8 Å². The van der Waals surface area contributed by atoms with E-state index in [2.05, 4.69) is 10.3 Å². The maximum Gasteiger partial charge on any atom is 0.337 e. The Bertz CT molecular complexity index is 485. The van der Waals surface area contributed by atoms with E-state index in [-0.39, 0.29) is 17.1 Å². The second-order valence-electron chi connectivity index (χ2n) is 4.31. The molecule has 0 aromatic carbocycles. The van der Waals surface area contributed by atoms with Gasteiger partial charge in [-0.2, -0.15) is 0 Å². The Morgan fingerprint density at radius 3 is 2.89 bits per heavy atom. The lowest BCUT2D eigenvalue weighted by atomic mass is 10.2. The fourth-order valence-corrected chi connectivity index (χ4v) is 1.65. The predicted octanol–water partition coefficient (Wildman–Crippen LogP) is 1.90. The van der Waals surface area contributed by atoms with Crippen molar-refractivity contribution in [2.75, 3.05) is 11.9 Å². The first kappa shape index (κ1) is 12.3. The van der Waals surface area contributed by atoms with Crippen LogP contribution in [0.25, 0.3) is 0 Å². The van der Waals surface area contributed by atoms with Gasteiger partial charge in [0.25, 0.3) is 0 Å². The Labute approximate surface area is 103 Å². The van der Waals surface area contributed by atoms with Gasteiger partial charge < -0.3 is 10.4 Å². The first-order chi connectivity index (χ1) is 8.58. The van der Waals surface area contributed by atoms with Gasteiger partial charge in [0.05, 0.1) is 10.5 Å². The van der Waals surface area contributed by atoms with Gasteiger partial charge in [-0.25, -0.2) is 9.78 Å². The van der Waals surface area contributed by atoms with Crippen LogP contribution in [0, 0.1) is 16.0 Å². The summed E-state index contributed by atoms with van der Waals surface area (Å²) < 4.78 is 0. The molecule has 1 aromatic rings. The molecule has 0 radical (unpaired) electrons. The van der Waals surface area contributed by atoms with E-state index in [1.807, 2.05) is 0 Å². The Morgan fingerprint density at radius 1 is 1.61 bits per heavy atom. The Hall–Kier alpha value is -2.18. The minimum atomic E-state index is -1.23. The summed E-state index contributed by atoms with van der Waals surface area (Å²) in [6, 6.07) is 1.02. The summed E-state index contributed by atoms with van der Waals surface area (Å²) in [5.41, 5.74) is -0.486. The average molecular weight is 251 g/mol. The number of aromatic nitrogens is 1. The fraction of sp³-hybridized carbons (Fsp3) is 0.455. The zero-order valence-corrected chi connectivity index (χ0v) is 9.63. The van der Waals surface area contributed by atoms with E-state index in [4.69, 9.17) is 5.11 Å². The summed E-state index contributed by atoms with van der Waals surface area (Å²) in [6.45, 7) is 0.616. The molecule has 2 N–H and O–H groups in total. The number of carboxylic acid groups (broad SMARTS) is 1. The number of carboxylic acids is 1. The third-order valence-electron chi connectivity index (χ3n) is 2.85. The van der Waals surface area contributed by atoms with Crippen LogP contribution >= 0.6 is 0 Å². The molecule has 18 heavy (non-hydrogen) atoms. The SMILES string of the molecule is O=C(O)c1cnc(NCCC2CC2)c([N+](=O)[O-])c1. The zero-order valence-electron chi connectivity index (χ0n) is 9.63. The van der Waals surface area contributed by atoms with E-state index < -0.39 is 10.9 Å². The first-order valence-corrected chi connectivity index (χ1v) is 5.69. The molecular formula is C11H13N3O4. The molecule has 0 spiro atoms. The van der Waals surface area contributed by atoms with Gasteiger partial charge in [0, 0.05) is 18.8 Å². The van der Waals surface area contributed by atoms with Crippen LogP contribution in [-0.2, 0) is 0 Å². The number of aromatic carboxylic acids is 1. The Kier molecular flexibility index (Phi) is 3.40. The van der Waals surface area contributed by atoms with E-state index in [0.717, 1.165) is 24.6 Å². The number of hydrogen-bond donors (Lipinski definition) is 2. The van der Waals surface area contributed by atoms with Crippen LogP contribution in [0.5, 0.6) is 0 Å². The molecule has 1 aliphatic carbocycles. The van der Waals surface area contributed by atoms with Crippen molar-refractivity contribution in [2.45, 2.75) is 19.3 Å². The number of nitrogens with zero attached hydrogens (tertiary/aromatic N) is 2. The molecule has 0 aliphatic heterocycles. The van der Waals surface area contributed by atoms with Gasteiger partial charge in [0.1, 0.15) is 0 Å². The van der Waals surface area contributed by atoms with Crippen LogP contribution in [0.15, 0.2) is 12.3 Å². The molecule has 0 unspecified atom stereocenters. The number of anilines is 1. The quantitative estimate of drug-likeness (QED) is 0.590. The van der Waals surface area contributed by atoms with Gasteiger partial charge in [-0.3, -0.25) is 10.1 Å². The molecule has 1 aromatic heterocycles. The van der Waals surface area contributed by atoms with Crippen molar-refractivity contribution in [1.82, 2.24) is 4.98 Å².